The van der Waals surface area contributed by atoms with Gasteiger partial charge in [-0.15, -0.1) is 0 Å². The molecular formula is C8H14N2O2S. The maximum atomic E-state index is 11.2. The van der Waals surface area contributed by atoms with Gasteiger partial charge in [-0.3, -0.25) is 0 Å². The largest absolute Gasteiger partial charge is 0.212 e. The van der Waals surface area contributed by atoms with Crippen LogP contribution in [0.25, 0.3) is 0 Å². The highest BCUT2D eigenvalue weighted by molar-refractivity contribution is 7.89. The first-order valence-corrected chi connectivity index (χ1v) is 5.87. The van der Waals surface area contributed by atoms with Gasteiger partial charge in [0.15, 0.2) is 0 Å². The Kier molecular flexibility index (Phi) is 2.17. The number of sulfonamides is 1. The SMILES string of the molecule is CCS(=O)(=O)NC1(C#N)CC1(C)C. The van der Waals surface area contributed by atoms with Crippen LogP contribution in [0.1, 0.15) is 27.2 Å². The Morgan fingerprint density at radius 2 is 2.00 bits per heavy atom. The van der Waals surface area contributed by atoms with Crippen LogP contribution in [0.4, 0.5) is 0 Å². The van der Waals surface area contributed by atoms with Crippen molar-refractivity contribution in [1.82, 2.24) is 4.72 Å². The van der Waals surface area contributed by atoms with Gasteiger partial charge >= 0.3 is 0 Å². The molecule has 1 aliphatic rings. The van der Waals surface area contributed by atoms with Gasteiger partial charge < -0.3 is 0 Å². The average Bonchev–Trinajstić information content (AvgIpc) is 2.53. The van der Waals surface area contributed by atoms with E-state index in [0.29, 0.717) is 6.42 Å². The highest BCUT2D eigenvalue weighted by Gasteiger charge is 2.63. The molecule has 0 aromatic carbocycles. The lowest BCUT2D eigenvalue weighted by Crippen LogP contribution is -2.40. The zero-order valence-electron chi connectivity index (χ0n) is 8.09. The first kappa shape index (κ1) is 10.5. The molecule has 0 aromatic rings. The summed E-state index contributed by atoms with van der Waals surface area (Å²) in [5.74, 6) is 0.0203. The first-order chi connectivity index (χ1) is 5.79. The smallest absolute Gasteiger partial charge is 0.212 e. The molecule has 4 nitrogen and oxygen atoms in total. The van der Waals surface area contributed by atoms with Gasteiger partial charge in [-0.1, -0.05) is 13.8 Å². The number of nitrogens with one attached hydrogen (secondary N) is 1. The molecule has 0 radical (unpaired) electrons. The lowest BCUT2D eigenvalue weighted by Gasteiger charge is -2.13. The molecule has 0 saturated heterocycles. The molecule has 74 valence electrons. The molecule has 0 bridgehead atoms. The molecule has 13 heavy (non-hydrogen) atoms. The minimum absolute atomic E-state index is 0.0203. The van der Waals surface area contributed by atoms with E-state index in [2.05, 4.69) is 4.72 Å². The maximum absolute atomic E-state index is 11.2. The summed E-state index contributed by atoms with van der Waals surface area (Å²) in [5, 5.41) is 8.87. The zero-order chi connectivity index (χ0) is 10.3. The van der Waals surface area contributed by atoms with E-state index >= 15 is 0 Å². The van der Waals surface area contributed by atoms with Crippen LogP contribution >= 0.6 is 0 Å². The molecule has 1 saturated carbocycles. The van der Waals surface area contributed by atoms with Crippen LogP contribution < -0.4 is 4.72 Å². The second-order valence-corrected chi connectivity index (χ2v) is 6.09. The van der Waals surface area contributed by atoms with E-state index in [4.69, 9.17) is 5.26 Å². The lowest BCUT2D eigenvalue weighted by molar-refractivity contribution is 0.514. The van der Waals surface area contributed by atoms with Gasteiger partial charge in [-0.2, -0.15) is 9.98 Å². The molecule has 0 heterocycles. The van der Waals surface area contributed by atoms with Crippen molar-refractivity contribution in [2.75, 3.05) is 5.75 Å². The summed E-state index contributed by atoms with van der Waals surface area (Å²) in [6, 6.07) is 2.04. The number of hydrogen-bond donors (Lipinski definition) is 1. The second kappa shape index (κ2) is 2.69. The van der Waals surface area contributed by atoms with Crippen LogP contribution in [0.2, 0.25) is 0 Å². The van der Waals surface area contributed by atoms with Crippen molar-refractivity contribution in [3.05, 3.63) is 0 Å². The summed E-state index contributed by atoms with van der Waals surface area (Å²) in [4.78, 5) is 0. The van der Waals surface area contributed by atoms with Crippen LogP contribution in [0.5, 0.6) is 0 Å². The maximum Gasteiger partial charge on any atom is 0.212 e. The highest BCUT2D eigenvalue weighted by Crippen LogP contribution is 2.55. The molecule has 0 amide bonds. The first-order valence-electron chi connectivity index (χ1n) is 4.21. The second-order valence-electron chi connectivity index (χ2n) is 4.08. The Labute approximate surface area is 79.0 Å². The third-order valence-corrected chi connectivity index (χ3v) is 4.06. The van der Waals surface area contributed by atoms with Gasteiger partial charge in [-0.05, 0) is 13.3 Å². The highest BCUT2D eigenvalue weighted by atomic mass is 32.2. The predicted octanol–water partition coefficient (Wildman–Crippen LogP) is 0.618. The summed E-state index contributed by atoms with van der Waals surface area (Å²) in [6.07, 6.45) is 0.593. The minimum Gasteiger partial charge on any atom is -0.212 e. The average molecular weight is 202 g/mol. The normalized spacial score (nSPS) is 30.9. The van der Waals surface area contributed by atoms with E-state index in [-0.39, 0.29) is 11.2 Å². The lowest BCUT2D eigenvalue weighted by atomic mass is 10.1. The number of nitriles is 1. The standard InChI is InChI=1S/C8H14N2O2S/c1-4-13(11,12)10-8(6-9)5-7(8,2)3/h10H,4-5H2,1-3H3. The van der Waals surface area contributed by atoms with Crippen molar-refractivity contribution in [3.63, 3.8) is 0 Å². The third kappa shape index (κ3) is 1.69. The minimum atomic E-state index is -3.27. The number of rotatable bonds is 3. The van der Waals surface area contributed by atoms with E-state index in [9.17, 15) is 8.42 Å². The summed E-state index contributed by atoms with van der Waals surface area (Å²) in [5.41, 5.74) is -1.09. The predicted molar refractivity (Wildman–Crippen MR) is 49.3 cm³/mol. The van der Waals surface area contributed by atoms with Crippen LogP contribution in [0.15, 0.2) is 0 Å². The monoisotopic (exact) mass is 202 g/mol. The van der Waals surface area contributed by atoms with Crippen molar-refractivity contribution in [1.29, 1.82) is 5.26 Å². The summed E-state index contributed by atoms with van der Waals surface area (Å²) < 4.78 is 24.9. The Morgan fingerprint density at radius 1 is 1.54 bits per heavy atom. The van der Waals surface area contributed by atoms with Crippen molar-refractivity contribution in [2.45, 2.75) is 32.7 Å². The number of hydrogen-bond acceptors (Lipinski definition) is 3. The van der Waals surface area contributed by atoms with Gasteiger partial charge in [0.25, 0.3) is 0 Å². The molecule has 1 fully saturated rings. The van der Waals surface area contributed by atoms with Gasteiger partial charge in [-0.25, -0.2) is 8.42 Å². The molecule has 1 rings (SSSR count). The Balaban J connectivity index is 2.83. The fourth-order valence-corrected chi connectivity index (χ4v) is 2.41. The van der Waals surface area contributed by atoms with E-state index < -0.39 is 15.6 Å². The van der Waals surface area contributed by atoms with E-state index in [0.717, 1.165) is 0 Å². The van der Waals surface area contributed by atoms with Gasteiger partial charge in [0, 0.05) is 5.41 Å². The van der Waals surface area contributed by atoms with E-state index in [1.807, 2.05) is 19.9 Å². The molecule has 1 aliphatic carbocycles. The molecule has 1 unspecified atom stereocenters. The topological polar surface area (TPSA) is 70.0 Å². The summed E-state index contributed by atoms with van der Waals surface area (Å²) in [6.45, 7) is 5.32. The summed E-state index contributed by atoms with van der Waals surface area (Å²) in [7, 11) is -3.27. The Bertz CT molecular complexity index is 353. The van der Waals surface area contributed by atoms with Crippen LogP contribution in [0, 0.1) is 16.7 Å². The van der Waals surface area contributed by atoms with Gasteiger partial charge in [0.1, 0.15) is 5.54 Å². The van der Waals surface area contributed by atoms with Crippen molar-refractivity contribution < 1.29 is 8.42 Å². The fourth-order valence-electron chi connectivity index (χ4n) is 1.34. The molecule has 0 aromatic heterocycles. The molecular weight excluding hydrogens is 188 g/mol. The van der Waals surface area contributed by atoms with E-state index in [1.165, 1.54) is 0 Å². The summed E-state index contributed by atoms with van der Waals surface area (Å²) >= 11 is 0. The van der Waals surface area contributed by atoms with E-state index in [1.54, 1.807) is 6.92 Å². The fraction of sp³-hybridized carbons (Fsp3) is 0.875. The van der Waals surface area contributed by atoms with Crippen molar-refractivity contribution in [2.24, 2.45) is 5.41 Å². The Hall–Kier alpha value is -0.600. The number of nitrogens with zero attached hydrogens (tertiary/aromatic N) is 1. The van der Waals surface area contributed by atoms with Crippen LogP contribution in [0.3, 0.4) is 0 Å². The van der Waals surface area contributed by atoms with Gasteiger partial charge in [0.2, 0.25) is 10.0 Å². The zero-order valence-corrected chi connectivity index (χ0v) is 8.90. The molecule has 0 spiro atoms. The molecule has 1 N–H and O–H groups in total. The van der Waals surface area contributed by atoms with Crippen molar-refractivity contribution in [3.8, 4) is 6.07 Å². The van der Waals surface area contributed by atoms with Crippen molar-refractivity contribution >= 4 is 10.0 Å². The van der Waals surface area contributed by atoms with Gasteiger partial charge in [0.05, 0.1) is 11.8 Å². The molecule has 0 aliphatic heterocycles. The van der Waals surface area contributed by atoms with Crippen LogP contribution in [-0.4, -0.2) is 19.7 Å². The molecule has 1 atom stereocenters. The van der Waals surface area contributed by atoms with Crippen LogP contribution in [-0.2, 0) is 10.0 Å². The Morgan fingerprint density at radius 3 is 2.23 bits per heavy atom. The molecule has 5 heteroatoms. The third-order valence-electron chi connectivity index (χ3n) is 2.64. The quantitative estimate of drug-likeness (QED) is 0.729.